The Morgan fingerprint density at radius 1 is 1.00 bits per heavy atom. The molecule has 204 valence electrons. The summed E-state index contributed by atoms with van der Waals surface area (Å²) in [5.41, 5.74) is 5.55. The molecule has 2 aliphatic carbocycles. The van der Waals surface area contributed by atoms with Gasteiger partial charge in [0.25, 0.3) is 5.91 Å². The average Bonchev–Trinajstić information content (AvgIpc) is 3.60. The largest absolute Gasteiger partial charge is 0.395 e. The predicted octanol–water partition coefficient (Wildman–Crippen LogP) is 4.53. The number of nitrogens with one attached hydrogen (secondary N) is 2. The van der Waals surface area contributed by atoms with Gasteiger partial charge in [0.15, 0.2) is 0 Å². The van der Waals surface area contributed by atoms with Gasteiger partial charge in [-0.05, 0) is 85.9 Å². The molecular weight excluding hydrogens is 500 g/mol. The summed E-state index contributed by atoms with van der Waals surface area (Å²) in [6.45, 7) is 1.25. The van der Waals surface area contributed by atoms with E-state index in [4.69, 9.17) is 5.11 Å². The van der Waals surface area contributed by atoms with Crippen LogP contribution in [-0.2, 0) is 10.0 Å². The Kier molecular flexibility index (Phi) is 6.54. The highest BCUT2D eigenvalue weighted by molar-refractivity contribution is 7.92. The van der Waals surface area contributed by atoms with Gasteiger partial charge in [-0.15, -0.1) is 0 Å². The molecule has 0 aromatic heterocycles. The molecule has 3 N–H and O–H groups in total. The summed E-state index contributed by atoms with van der Waals surface area (Å²) in [5, 5.41) is 12.2. The van der Waals surface area contributed by atoms with E-state index < -0.39 is 16.6 Å². The molecule has 2 aromatic carbocycles. The monoisotopic (exact) mass is 538 g/mol. The van der Waals surface area contributed by atoms with Gasteiger partial charge in [-0.2, -0.15) is 0 Å². The summed E-state index contributed by atoms with van der Waals surface area (Å²) in [5.74, 6) is -0.0416. The summed E-state index contributed by atoms with van der Waals surface area (Å²) in [6, 6.07) is 11.9. The maximum absolute atomic E-state index is 13.6. The van der Waals surface area contributed by atoms with Crippen LogP contribution in [0.2, 0.25) is 0 Å². The lowest BCUT2D eigenvalue weighted by atomic mass is 9.82. The van der Waals surface area contributed by atoms with Gasteiger partial charge in [0, 0.05) is 43.5 Å². The fraction of sp³-hybridized carbons (Fsp3) is 0.552. The zero-order valence-electron chi connectivity index (χ0n) is 22.1. The first-order valence-corrected chi connectivity index (χ1v) is 15.6. The van der Waals surface area contributed by atoms with Crippen LogP contribution in [0.1, 0.15) is 73.2 Å². The fourth-order valence-corrected chi connectivity index (χ4v) is 7.69. The molecule has 2 atom stereocenters. The molecular formula is C29H38N4O4S. The van der Waals surface area contributed by atoms with E-state index in [1.165, 1.54) is 49.8 Å². The van der Waals surface area contributed by atoms with Gasteiger partial charge < -0.3 is 20.2 Å². The first kappa shape index (κ1) is 25.5. The molecule has 1 amide bonds. The molecule has 0 bridgehead atoms. The van der Waals surface area contributed by atoms with E-state index in [0.717, 1.165) is 37.3 Å². The number of hydrogen-bond acceptors (Lipinski definition) is 6. The van der Waals surface area contributed by atoms with Crippen molar-refractivity contribution in [3.8, 4) is 0 Å². The topological polar surface area (TPSA) is 102 Å². The molecule has 6 rings (SSSR count). The second-order valence-corrected chi connectivity index (χ2v) is 13.5. The quantitative estimate of drug-likeness (QED) is 0.479. The zero-order valence-corrected chi connectivity index (χ0v) is 22.9. The van der Waals surface area contributed by atoms with Crippen molar-refractivity contribution in [1.82, 2.24) is 0 Å². The number of piperidine rings is 1. The van der Waals surface area contributed by atoms with E-state index in [1.807, 2.05) is 6.07 Å². The highest BCUT2D eigenvalue weighted by Crippen LogP contribution is 2.54. The van der Waals surface area contributed by atoms with E-state index in [-0.39, 0.29) is 11.7 Å². The van der Waals surface area contributed by atoms with Gasteiger partial charge in [-0.1, -0.05) is 12.8 Å². The van der Waals surface area contributed by atoms with Crippen molar-refractivity contribution in [1.29, 1.82) is 0 Å². The first-order chi connectivity index (χ1) is 18.3. The van der Waals surface area contributed by atoms with Crippen LogP contribution in [0.15, 0.2) is 36.4 Å². The van der Waals surface area contributed by atoms with Crippen molar-refractivity contribution in [2.45, 2.75) is 63.3 Å². The van der Waals surface area contributed by atoms with E-state index in [9.17, 15) is 13.2 Å². The molecule has 0 radical (unpaired) electrons. The number of hydrogen-bond donors (Lipinski definition) is 3. The highest BCUT2D eigenvalue weighted by Gasteiger charge is 2.44. The third kappa shape index (κ3) is 4.86. The number of likely N-dealkylation sites (N-methyl/N-ethyl adjacent to an activating group) is 1. The number of aliphatic hydroxyl groups is 1. The lowest BCUT2D eigenvalue weighted by Crippen LogP contribution is -2.35. The number of fused-ring (bicyclic) bond motifs is 3. The number of anilines is 4. The van der Waals surface area contributed by atoms with Crippen LogP contribution < -0.4 is 19.8 Å². The second-order valence-electron chi connectivity index (χ2n) is 11.7. The fourth-order valence-electron chi connectivity index (χ4n) is 6.86. The standard InChI is InChI=1S/C29H38N4O4S/c1-32-25-5-3-2-4-22(25)24-18-20(7-9-26(24)32)30-28(35)23-8-6-21(31-38(36,37)17-16-34)19-27(23)33-14-12-29(10-11-29)13-15-33/h6-9,18-19,22,25,31,34H,2-5,10-17H2,1H3,(H,30,35). The molecule has 8 nitrogen and oxygen atoms in total. The van der Waals surface area contributed by atoms with Gasteiger partial charge in [0.2, 0.25) is 10.0 Å². The van der Waals surface area contributed by atoms with Crippen molar-refractivity contribution < 1.29 is 18.3 Å². The van der Waals surface area contributed by atoms with Crippen LogP contribution in [0.5, 0.6) is 0 Å². The third-order valence-electron chi connectivity index (χ3n) is 9.29. The maximum Gasteiger partial charge on any atom is 0.257 e. The van der Waals surface area contributed by atoms with Crippen molar-refractivity contribution >= 4 is 38.7 Å². The summed E-state index contributed by atoms with van der Waals surface area (Å²) >= 11 is 0. The average molecular weight is 539 g/mol. The number of nitrogens with zero attached hydrogens (tertiary/aromatic N) is 2. The Labute approximate surface area is 225 Å². The maximum atomic E-state index is 13.6. The Bertz CT molecular complexity index is 1330. The lowest BCUT2D eigenvalue weighted by molar-refractivity contribution is 0.102. The normalized spacial score (nSPS) is 23.6. The molecule has 3 fully saturated rings. The Morgan fingerprint density at radius 2 is 1.74 bits per heavy atom. The molecule has 4 aliphatic rings. The van der Waals surface area contributed by atoms with Crippen molar-refractivity contribution in [3.05, 3.63) is 47.5 Å². The van der Waals surface area contributed by atoms with E-state index in [1.54, 1.807) is 18.2 Å². The smallest absolute Gasteiger partial charge is 0.257 e. The summed E-state index contributed by atoms with van der Waals surface area (Å²) in [6.07, 6.45) is 9.68. The van der Waals surface area contributed by atoms with Crippen LogP contribution in [-0.4, -0.2) is 58.0 Å². The van der Waals surface area contributed by atoms with Crippen LogP contribution in [0.4, 0.5) is 22.7 Å². The molecule has 2 unspecified atom stereocenters. The van der Waals surface area contributed by atoms with Gasteiger partial charge in [-0.3, -0.25) is 9.52 Å². The Morgan fingerprint density at radius 3 is 2.47 bits per heavy atom. The minimum Gasteiger partial charge on any atom is -0.395 e. The number of amides is 1. The van der Waals surface area contributed by atoms with Gasteiger partial charge in [-0.25, -0.2) is 8.42 Å². The number of sulfonamides is 1. The van der Waals surface area contributed by atoms with E-state index in [2.05, 4.69) is 39.0 Å². The highest BCUT2D eigenvalue weighted by atomic mass is 32.2. The minimum absolute atomic E-state index is 0.192. The number of carbonyl (C=O) groups excluding carboxylic acids is 1. The Balaban J connectivity index is 1.27. The molecule has 38 heavy (non-hydrogen) atoms. The Hall–Kier alpha value is -2.78. The summed E-state index contributed by atoms with van der Waals surface area (Å²) < 4.78 is 27.1. The minimum atomic E-state index is -3.67. The van der Waals surface area contributed by atoms with Gasteiger partial charge >= 0.3 is 0 Å². The molecule has 2 heterocycles. The lowest BCUT2D eigenvalue weighted by Gasteiger charge is -2.35. The third-order valence-corrected chi connectivity index (χ3v) is 10.6. The van der Waals surface area contributed by atoms with Gasteiger partial charge in [0.1, 0.15) is 0 Å². The number of rotatable bonds is 7. The molecule has 2 saturated carbocycles. The van der Waals surface area contributed by atoms with Crippen LogP contribution in [0.25, 0.3) is 0 Å². The number of benzene rings is 2. The van der Waals surface area contributed by atoms with Crippen LogP contribution >= 0.6 is 0 Å². The predicted molar refractivity (Wildman–Crippen MR) is 152 cm³/mol. The van der Waals surface area contributed by atoms with Crippen molar-refractivity contribution in [3.63, 3.8) is 0 Å². The molecule has 2 aromatic rings. The molecule has 1 spiro atoms. The SMILES string of the molecule is CN1c2ccc(NC(=O)c3ccc(NS(=O)(=O)CCO)cc3N3CCC4(CC3)CC4)cc2C2CCCCC21. The van der Waals surface area contributed by atoms with Crippen molar-refractivity contribution in [2.75, 3.05) is 52.3 Å². The first-order valence-electron chi connectivity index (χ1n) is 14.0. The molecule has 9 heteroatoms. The van der Waals surface area contributed by atoms with Crippen LogP contribution in [0.3, 0.4) is 0 Å². The number of carbonyl (C=O) groups is 1. The summed E-state index contributed by atoms with van der Waals surface area (Å²) in [7, 11) is -1.49. The van der Waals surface area contributed by atoms with Gasteiger partial charge in [0.05, 0.1) is 29.3 Å². The van der Waals surface area contributed by atoms with Crippen molar-refractivity contribution in [2.24, 2.45) is 5.41 Å². The van der Waals surface area contributed by atoms with E-state index >= 15 is 0 Å². The molecule has 2 aliphatic heterocycles. The van der Waals surface area contributed by atoms with Crippen LogP contribution in [0, 0.1) is 5.41 Å². The van der Waals surface area contributed by atoms with E-state index in [0.29, 0.717) is 28.6 Å². The number of aliphatic hydroxyl groups excluding tert-OH is 1. The molecule has 1 saturated heterocycles. The zero-order chi connectivity index (χ0) is 26.5. The summed E-state index contributed by atoms with van der Waals surface area (Å²) in [4.78, 5) is 18.3. The second kappa shape index (κ2) is 9.75.